The van der Waals surface area contributed by atoms with Gasteiger partial charge in [-0.15, -0.1) is 0 Å². The molecule has 22 heavy (non-hydrogen) atoms. The second-order valence-corrected chi connectivity index (χ2v) is 5.61. The second-order valence-electron chi connectivity index (χ2n) is 4.26. The number of nitrogens with one attached hydrogen (secondary N) is 1. The van der Waals surface area contributed by atoms with Gasteiger partial charge in [0.15, 0.2) is 6.61 Å². The molecule has 4 nitrogen and oxygen atoms in total. The highest BCUT2D eigenvalue weighted by Gasteiger charge is 2.12. The molecule has 0 aromatic heterocycles. The number of carbonyl (C=O) groups excluding carboxylic acids is 2. The molecule has 2 aromatic rings. The van der Waals surface area contributed by atoms with Crippen LogP contribution in [0.2, 0.25) is 5.02 Å². The van der Waals surface area contributed by atoms with Gasteiger partial charge in [-0.25, -0.2) is 9.18 Å². The summed E-state index contributed by atoms with van der Waals surface area (Å²) in [4.78, 5) is 23.4. The Morgan fingerprint density at radius 2 is 2.00 bits per heavy atom. The standard InChI is InChI=1S/C15H10BrClFNO3/c16-10-3-1-2-9(6-10)15(21)22-8-14(20)19-13-7-11(17)4-5-12(13)18/h1-7H,8H2,(H,19,20). The van der Waals surface area contributed by atoms with Crippen molar-refractivity contribution in [2.75, 3.05) is 11.9 Å². The number of halogens is 3. The first kappa shape index (κ1) is 16.5. The van der Waals surface area contributed by atoms with Gasteiger partial charge in [-0.2, -0.15) is 0 Å². The lowest BCUT2D eigenvalue weighted by Crippen LogP contribution is -2.21. The largest absolute Gasteiger partial charge is 0.452 e. The summed E-state index contributed by atoms with van der Waals surface area (Å²) >= 11 is 8.94. The summed E-state index contributed by atoms with van der Waals surface area (Å²) in [6.45, 7) is -0.530. The number of amides is 1. The minimum Gasteiger partial charge on any atom is -0.452 e. The fourth-order valence-corrected chi connectivity index (χ4v) is 2.18. The van der Waals surface area contributed by atoms with Gasteiger partial charge in [0, 0.05) is 9.50 Å². The van der Waals surface area contributed by atoms with Gasteiger partial charge in [0.2, 0.25) is 0 Å². The molecule has 0 unspecified atom stereocenters. The molecule has 0 atom stereocenters. The highest BCUT2D eigenvalue weighted by molar-refractivity contribution is 9.10. The molecule has 7 heteroatoms. The van der Waals surface area contributed by atoms with Crippen molar-refractivity contribution in [3.63, 3.8) is 0 Å². The monoisotopic (exact) mass is 385 g/mol. The van der Waals surface area contributed by atoms with Crippen LogP contribution in [0.25, 0.3) is 0 Å². The smallest absolute Gasteiger partial charge is 0.338 e. The van der Waals surface area contributed by atoms with Crippen LogP contribution in [0, 0.1) is 5.82 Å². The number of ether oxygens (including phenoxy) is 1. The highest BCUT2D eigenvalue weighted by atomic mass is 79.9. The van der Waals surface area contributed by atoms with Gasteiger partial charge in [0.05, 0.1) is 11.3 Å². The van der Waals surface area contributed by atoms with Crippen molar-refractivity contribution in [1.29, 1.82) is 0 Å². The topological polar surface area (TPSA) is 55.4 Å². The van der Waals surface area contributed by atoms with Crippen LogP contribution >= 0.6 is 27.5 Å². The number of esters is 1. The van der Waals surface area contributed by atoms with Gasteiger partial charge in [-0.1, -0.05) is 33.6 Å². The van der Waals surface area contributed by atoms with Crippen molar-refractivity contribution in [1.82, 2.24) is 0 Å². The summed E-state index contributed by atoms with van der Waals surface area (Å²) in [5.41, 5.74) is 0.229. The van der Waals surface area contributed by atoms with Crippen LogP contribution in [0.5, 0.6) is 0 Å². The fraction of sp³-hybridized carbons (Fsp3) is 0.0667. The molecule has 114 valence electrons. The first-order valence-corrected chi connectivity index (χ1v) is 7.30. The minimum atomic E-state index is -0.662. The van der Waals surface area contributed by atoms with E-state index in [4.69, 9.17) is 16.3 Å². The molecule has 0 saturated heterocycles. The van der Waals surface area contributed by atoms with E-state index in [1.807, 2.05) is 0 Å². The van der Waals surface area contributed by atoms with Crippen LogP contribution in [-0.2, 0) is 9.53 Å². The van der Waals surface area contributed by atoms with Crippen LogP contribution in [0.4, 0.5) is 10.1 Å². The zero-order valence-corrected chi connectivity index (χ0v) is 13.4. The molecule has 0 aliphatic carbocycles. The van der Waals surface area contributed by atoms with E-state index in [1.54, 1.807) is 24.3 Å². The Morgan fingerprint density at radius 3 is 2.73 bits per heavy atom. The molecule has 0 bridgehead atoms. The van der Waals surface area contributed by atoms with Gasteiger partial charge in [0.25, 0.3) is 5.91 Å². The summed E-state index contributed by atoms with van der Waals surface area (Å²) in [5, 5.41) is 2.56. The third kappa shape index (κ3) is 4.54. The van der Waals surface area contributed by atoms with E-state index >= 15 is 0 Å². The maximum atomic E-state index is 13.5. The Balaban J connectivity index is 1.93. The summed E-state index contributed by atoms with van der Waals surface area (Å²) in [6.07, 6.45) is 0. The Labute approximate surface area is 139 Å². The average Bonchev–Trinajstić information content (AvgIpc) is 2.48. The van der Waals surface area contributed by atoms with Crippen LogP contribution < -0.4 is 5.32 Å². The molecule has 0 fully saturated rings. The van der Waals surface area contributed by atoms with Crippen molar-refractivity contribution < 1.29 is 18.7 Å². The third-order valence-electron chi connectivity index (χ3n) is 2.60. The average molecular weight is 387 g/mol. The second kappa shape index (κ2) is 7.38. The number of hydrogen-bond donors (Lipinski definition) is 1. The van der Waals surface area contributed by atoms with E-state index < -0.39 is 24.3 Å². The van der Waals surface area contributed by atoms with Crippen LogP contribution in [0.1, 0.15) is 10.4 Å². The van der Waals surface area contributed by atoms with E-state index in [0.717, 1.165) is 6.07 Å². The Kier molecular flexibility index (Phi) is 5.51. The molecule has 0 heterocycles. The first-order chi connectivity index (χ1) is 10.5. The third-order valence-corrected chi connectivity index (χ3v) is 3.33. The number of anilines is 1. The summed E-state index contributed by atoms with van der Waals surface area (Å²) < 4.78 is 19.0. The lowest BCUT2D eigenvalue weighted by molar-refractivity contribution is -0.119. The van der Waals surface area contributed by atoms with Gasteiger partial charge in [-0.3, -0.25) is 4.79 Å². The first-order valence-electron chi connectivity index (χ1n) is 6.13. The van der Waals surface area contributed by atoms with Crippen LogP contribution in [0.3, 0.4) is 0 Å². The molecule has 2 rings (SSSR count). The molecule has 0 spiro atoms. The molecular weight excluding hydrogens is 377 g/mol. The fourth-order valence-electron chi connectivity index (χ4n) is 1.61. The molecule has 0 aliphatic rings. The maximum Gasteiger partial charge on any atom is 0.338 e. The lowest BCUT2D eigenvalue weighted by Gasteiger charge is -2.08. The number of rotatable bonds is 4. The lowest BCUT2D eigenvalue weighted by atomic mass is 10.2. The van der Waals surface area contributed by atoms with Gasteiger partial charge < -0.3 is 10.1 Å². The van der Waals surface area contributed by atoms with E-state index in [9.17, 15) is 14.0 Å². The minimum absolute atomic E-state index is 0.0731. The predicted octanol–water partition coefficient (Wildman–Crippen LogP) is 4.04. The SMILES string of the molecule is O=C(COC(=O)c1cccc(Br)c1)Nc1cc(Cl)ccc1F. The Bertz CT molecular complexity index is 724. The van der Waals surface area contributed by atoms with E-state index in [2.05, 4.69) is 21.2 Å². The molecule has 0 radical (unpaired) electrons. The summed E-state index contributed by atoms with van der Waals surface area (Å²) in [7, 11) is 0. The predicted molar refractivity (Wildman–Crippen MR) is 84.5 cm³/mol. The van der Waals surface area contributed by atoms with Crippen molar-refractivity contribution in [2.45, 2.75) is 0 Å². The molecule has 1 amide bonds. The summed E-state index contributed by atoms with van der Waals surface area (Å²) in [6, 6.07) is 10.3. The zero-order chi connectivity index (χ0) is 16.1. The zero-order valence-electron chi connectivity index (χ0n) is 11.1. The number of benzene rings is 2. The number of carbonyl (C=O) groups is 2. The molecule has 0 aliphatic heterocycles. The maximum absolute atomic E-state index is 13.5. The van der Waals surface area contributed by atoms with Crippen LogP contribution in [0.15, 0.2) is 46.9 Å². The number of hydrogen-bond acceptors (Lipinski definition) is 3. The highest BCUT2D eigenvalue weighted by Crippen LogP contribution is 2.19. The summed E-state index contributed by atoms with van der Waals surface area (Å²) in [5.74, 6) is -1.94. The molecule has 2 aromatic carbocycles. The van der Waals surface area contributed by atoms with Gasteiger partial charge >= 0.3 is 5.97 Å². The van der Waals surface area contributed by atoms with E-state index in [-0.39, 0.29) is 10.7 Å². The molecular formula is C15H10BrClFNO3. The van der Waals surface area contributed by atoms with Crippen LogP contribution in [-0.4, -0.2) is 18.5 Å². The van der Waals surface area contributed by atoms with Gasteiger partial charge in [-0.05, 0) is 36.4 Å². The Morgan fingerprint density at radius 1 is 1.23 bits per heavy atom. The van der Waals surface area contributed by atoms with Crippen molar-refractivity contribution in [3.8, 4) is 0 Å². The molecule has 0 saturated carbocycles. The van der Waals surface area contributed by atoms with E-state index in [1.165, 1.54) is 12.1 Å². The normalized spacial score (nSPS) is 10.1. The van der Waals surface area contributed by atoms with Gasteiger partial charge in [0.1, 0.15) is 5.82 Å². The quantitative estimate of drug-likeness (QED) is 0.807. The van der Waals surface area contributed by atoms with Crippen molar-refractivity contribution in [2.24, 2.45) is 0 Å². The Hall–Kier alpha value is -1.92. The molecule has 1 N–H and O–H groups in total. The van der Waals surface area contributed by atoms with E-state index in [0.29, 0.717) is 10.0 Å². The van der Waals surface area contributed by atoms with Crippen molar-refractivity contribution in [3.05, 3.63) is 63.3 Å². The van der Waals surface area contributed by atoms with Crippen molar-refractivity contribution >= 4 is 45.1 Å².